The van der Waals surface area contributed by atoms with Gasteiger partial charge in [-0.3, -0.25) is 39.7 Å². The number of aryl methyl sites for hydroxylation is 2. The van der Waals surface area contributed by atoms with Crippen LogP contribution in [0.1, 0.15) is 72.6 Å². The summed E-state index contributed by atoms with van der Waals surface area (Å²) in [6.07, 6.45) is 7.89. The number of rotatable bonds is 9. The van der Waals surface area contributed by atoms with Crippen molar-refractivity contribution in [3.63, 3.8) is 0 Å². The van der Waals surface area contributed by atoms with Crippen LogP contribution in [0, 0.1) is 18.3 Å². The first-order valence-electron chi connectivity index (χ1n) is 22.6. The third kappa shape index (κ3) is 8.72. The molecule has 4 amide bonds. The van der Waals surface area contributed by atoms with Crippen LogP contribution in [-0.4, -0.2) is 118 Å². The Morgan fingerprint density at radius 2 is 1.80 bits per heavy atom. The van der Waals surface area contributed by atoms with Crippen molar-refractivity contribution >= 4 is 52.5 Å². The summed E-state index contributed by atoms with van der Waals surface area (Å²) in [7, 11) is 5.78. The number of amides is 4. The lowest BCUT2D eigenvalue weighted by atomic mass is 9.72. The molecule has 0 radical (unpaired) electrons. The van der Waals surface area contributed by atoms with E-state index in [1.165, 1.54) is 10.5 Å². The fraction of sp³-hybridized carbons (Fsp3) is 0.479. The van der Waals surface area contributed by atoms with Crippen LogP contribution in [0.15, 0.2) is 54.7 Å². The van der Waals surface area contributed by atoms with Gasteiger partial charge in [0.25, 0.3) is 5.91 Å². The minimum atomic E-state index is -0.720. The number of hydrogen-bond donors (Lipinski definition) is 2. The van der Waals surface area contributed by atoms with Gasteiger partial charge >= 0.3 is 0 Å². The number of imide groups is 1. The van der Waals surface area contributed by atoms with Gasteiger partial charge in [-0.1, -0.05) is 25.1 Å². The zero-order chi connectivity index (χ0) is 44.7. The SMILES string of the molecule is Cc1cc2cc(n1)-c1cnn(C)c1OCCC[C@@H](C)Cn1c(nc3ccc(CN4CCC5(CC4)CN(CCc4cccc(N(C=O)C6CCC(=O)NC6=O)c4N(C)C)C5)cc31)NC2=O. The van der Waals surface area contributed by atoms with Crippen molar-refractivity contribution in [2.45, 2.75) is 77.9 Å². The molecule has 2 aromatic carbocycles. The zero-order valence-corrected chi connectivity index (χ0v) is 37.6. The van der Waals surface area contributed by atoms with E-state index in [4.69, 9.17) is 14.7 Å². The van der Waals surface area contributed by atoms with Crippen LogP contribution in [0.5, 0.6) is 5.88 Å². The molecule has 3 fully saturated rings. The molecule has 0 saturated carbocycles. The van der Waals surface area contributed by atoms with Gasteiger partial charge in [0.1, 0.15) is 6.04 Å². The molecular formula is C48H59N11O5. The molecule has 2 N–H and O–H groups in total. The van der Waals surface area contributed by atoms with Gasteiger partial charge in [0.2, 0.25) is 30.1 Å². The van der Waals surface area contributed by atoms with E-state index >= 15 is 0 Å². The second-order valence-electron chi connectivity index (χ2n) is 18.7. The van der Waals surface area contributed by atoms with Crippen molar-refractivity contribution in [2.24, 2.45) is 18.4 Å². The van der Waals surface area contributed by atoms with Crippen LogP contribution in [0.3, 0.4) is 0 Å². The second kappa shape index (κ2) is 17.8. The van der Waals surface area contributed by atoms with Gasteiger partial charge in [-0.2, -0.15) is 5.10 Å². The Morgan fingerprint density at radius 3 is 2.56 bits per heavy atom. The standard InChI is InChI=1S/C48H59N11O5/c1-31-8-7-21-64-46-36(25-49-55(46)5)38-24-35(22-32(2)50-38)44(62)53-47-51-37-12-11-33(23-41(37)58(47)26-31)27-56-19-16-48(17-20-56)28-57(29-48)18-15-34-9-6-10-39(43(34)54(3)4)59(30-60)40-13-14-42(61)52-45(40)63/h6,9-12,22-25,30-31,40H,7-8,13-21,26-29H2,1-5H3,(H,51,53,62)(H,52,61,63)/t31-,40?/m1/s1. The van der Waals surface area contributed by atoms with Gasteiger partial charge in [-0.25, -0.2) is 9.67 Å². The lowest BCUT2D eigenvalue weighted by Crippen LogP contribution is -2.60. The highest BCUT2D eigenvalue weighted by molar-refractivity contribution is 6.05. The molecule has 3 aromatic heterocycles. The Balaban J connectivity index is 0.840. The molecule has 336 valence electrons. The van der Waals surface area contributed by atoms with Gasteiger partial charge in [0.15, 0.2) is 0 Å². The van der Waals surface area contributed by atoms with Crippen molar-refractivity contribution < 1.29 is 23.9 Å². The number of piperidine rings is 2. The summed E-state index contributed by atoms with van der Waals surface area (Å²) >= 11 is 0. The maximum atomic E-state index is 13.9. The fourth-order valence-electron chi connectivity index (χ4n) is 10.3. The number of ether oxygens (including phenoxy) is 1. The van der Waals surface area contributed by atoms with E-state index in [-0.39, 0.29) is 18.2 Å². The molecule has 16 nitrogen and oxygen atoms in total. The first-order chi connectivity index (χ1) is 30.9. The highest BCUT2D eigenvalue weighted by Gasteiger charge is 2.44. The quantitative estimate of drug-likeness (QED) is 0.148. The highest BCUT2D eigenvalue weighted by Crippen LogP contribution is 2.42. The molecular weight excluding hydrogens is 811 g/mol. The molecule has 7 heterocycles. The number of hydrogen-bond acceptors (Lipinski definition) is 11. The van der Waals surface area contributed by atoms with Gasteiger partial charge in [0, 0.05) is 71.5 Å². The molecule has 2 atom stereocenters. The molecule has 1 spiro atoms. The number of pyridine rings is 1. The minimum absolute atomic E-state index is 0.207. The lowest BCUT2D eigenvalue weighted by Gasteiger charge is -2.54. The van der Waals surface area contributed by atoms with E-state index in [0.717, 1.165) is 105 Å². The van der Waals surface area contributed by atoms with Crippen LogP contribution in [0.4, 0.5) is 17.3 Å². The van der Waals surface area contributed by atoms with Crippen LogP contribution in [0.25, 0.3) is 22.3 Å². The molecule has 3 saturated heterocycles. The summed E-state index contributed by atoms with van der Waals surface area (Å²) in [6, 6.07) is 15.3. The topological polar surface area (TPSA) is 163 Å². The van der Waals surface area contributed by atoms with Crippen molar-refractivity contribution in [2.75, 3.05) is 68.5 Å². The van der Waals surface area contributed by atoms with E-state index in [9.17, 15) is 19.2 Å². The average Bonchev–Trinajstić information content (AvgIpc) is 3.79. The summed E-state index contributed by atoms with van der Waals surface area (Å²) < 4.78 is 10.2. The molecule has 64 heavy (non-hydrogen) atoms. The maximum Gasteiger partial charge on any atom is 0.258 e. The first kappa shape index (κ1) is 43.1. The molecule has 16 heteroatoms. The van der Waals surface area contributed by atoms with E-state index in [0.29, 0.717) is 66.1 Å². The molecule has 4 aliphatic heterocycles. The maximum absolute atomic E-state index is 13.9. The number of para-hydroxylation sites is 1. The monoisotopic (exact) mass is 869 g/mol. The summed E-state index contributed by atoms with van der Waals surface area (Å²) in [5, 5.41) is 9.97. The Hall–Kier alpha value is -6.13. The van der Waals surface area contributed by atoms with Crippen molar-refractivity contribution in [3.05, 3.63) is 77.1 Å². The van der Waals surface area contributed by atoms with Crippen molar-refractivity contribution in [1.29, 1.82) is 0 Å². The van der Waals surface area contributed by atoms with Crippen LogP contribution in [-0.2, 0) is 40.9 Å². The molecule has 0 aliphatic carbocycles. The third-order valence-corrected chi connectivity index (χ3v) is 13.6. The number of nitrogens with zero attached hydrogens (tertiary/aromatic N) is 9. The minimum Gasteiger partial charge on any atom is -0.477 e. The zero-order valence-electron chi connectivity index (χ0n) is 37.6. The number of benzene rings is 2. The fourth-order valence-corrected chi connectivity index (χ4v) is 10.3. The first-order valence-corrected chi connectivity index (χ1v) is 22.6. The lowest BCUT2D eigenvalue weighted by molar-refractivity contribution is -0.134. The van der Waals surface area contributed by atoms with Crippen molar-refractivity contribution in [3.8, 4) is 17.1 Å². The van der Waals surface area contributed by atoms with Gasteiger partial charge in [0.05, 0.1) is 46.5 Å². The molecule has 5 aromatic rings. The smallest absolute Gasteiger partial charge is 0.258 e. The van der Waals surface area contributed by atoms with Gasteiger partial charge in [-0.15, -0.1) is 0 Å². The van der Waals surface area contributed by atoms with E-state index in [1.807, 2.05) is 45.1 Å². The van der Waals surface area contributed by atoms with E-state index in [2.05, 4.69) is 61.3 Å². The van der Waals surface area contributed by atoms with Gasteiger partial charge < -0.3 is 24.0 Å². The number of carbonyl (C=O) groups excluding carboxylic acids is 4. The highest BCUT2D eigenvalue weighted by atomic mass is 16.5. The molecule has 2 bridgehead atoms. The Morgan fingerprint density at radius 1 is 0.984 bits per heavy atom. The number of fused-ring (bicyclic) bond motifs is 7. The molecule has 1 unspecified atom stereocenters. The molecule has 9 rings (SSSR count). The van der Waals surface area contributed by atoms with Crippen LogP contribution in [0.2, 0.25) is 0 Å². The third-order valence-electron chi connectivity index (χ3n) is 13.6. The number of likely N-dealkylation sites (tertiary alicyclic amines) is 2. The normalized spacial score (nSPS) is 20.5. The second-order valence-corrected chi connectivity index (χ2v) is 18.7. The van der Waals surface area contributed by atoms with E-state index < -0.39 is 11.9 Å². The Bertz CT molecular complexity index is 2580. The van der Waals surface area contributed by atoms with Crippen LogP contribution >= 0.6 is 0 Å². The predicted octanol–water partition coefficient (Wildman–Crippen LogP) is 5.18. The van der Waals surface area contributed by atoms with Crippen molar-refractivity contribution in [1.82, 2.24) is 39.4 Å². The summed E-state index contributed by atoms with van der Waals surface area (Å²) in [4.78, 5) is 69.1. The number of anilines is 3. The van der Waals surface area contributed by atoms with Crippen LogP contribution < -0.4 is 25.2 Å². The summed E-state index contributed by atoms with van der Waals surface area (Å²) in [5.74, 6) is 0.515. The average molecular weight is 870 g/mol. The molecule has 4 aliphatic rings. The number of imidazole rings is 1. The number of carbonyl (C=O) groups is 4. The number of nitrogens with one attached hydrogen (secondary N) is 2. The Labute approximate surface area is 373 Å². The largest absolute Gasteiger partial charge is 0.477 e. The van der Waals surface area contributed by atoms with E-state index in [1.54, 1.807) is 23.0 Å². The summed E-state index contributed by atoms with van der Waals surface area (Å²) in [5.41, 5.74) is 8.78. The predicted molar refractivity (Wildman–Crippen MR) is 245 cm³/mol. The number of aromatic nitrogens is 5. The Kier molecular flexibility index (Phi) is 12.0. The summed E-state index contributed by atoms with van der Waals surface area (Å²) in [6.45, 7) is 11.4. The van der Waals surface area contributed by atoms with Gasteiger partial charge in [-0.05, 0) is 111 Å².